The number of rotatable bonds is 28. The number of aromatic nitrogens is 1. The Morgan fingerprint density at radius 1 is 0.525 bits per heavy atom. The van der Waals surface area contributed by atoms with Crippen LogP contribution in [-0.4, -0.2) is 159 Å². The summed E-state index contributed by atoms with van der Waals surface area (Å²) in [5.41, 5.74) is 9.48. The van der Waals surface area contributed by atoms with Crippen LogP contribution in [0.1, 0.15) is 170 Å². The van der Waals surface area contributed by atoms with Crippen molar-refractivity contribution in [3.05, 3.63) is 268 Å². The van der Waals surface area contributed by atoms with Crippen molar-refractivity contribution < 1.29 is 37.1 Å². The Morgan fingerprint density at radius 2 is 1.00 bits per heavy atom. The van der Waals surface area contributed by atoms with Gasteiger partial charge >= 0.3 is 12.1 Å². The highest BCUT2D eigenvalue weighted by Crippen LogP contribution is 2.33. The molecule has 1 aromatic heterocycles. The minimum Gasteiger partial charge on any atom is -0.495 e. The summed E-state index contributed by atoms with van der Waals surface area (Å²) in [6, 6.07) is 68.1. The Hall–Kier alpha value is -9.63. The molecule has 0 radical (unpaired) electrons. The molecule has 3 N–H and O–H groups in total. The van der Waals surface area contributed by atoms with Gasteiger partial charge in [0.15, 0.2) is 0 Å². The lowest BCUT2D eigenvalue weighted by Gasteiger charge is -2.41. The van der Waals surface area contributed by atoms with E-state index in [2.05, 4.69) is 154 Å². The summed E-state index contributed by atoms with van der Waals surface area (Å²) in [5, 5.41) is 10.3. The Balaban J connectivity index is 0.000000166. The first-order valence-electron chi connectivity index (χ1n) is 42.9. The minimum atomic E-state index is -2.92. The molecule has 4 aliphatic heterocycles. The number of anilines is 3. The number of ether oxygens (including phenoxy) is 1. The molecule has 13 rings (SSSR count). The summed E-state index contributed by atoms with van der Waals surface area (Å²) in [6.07, 6.45) is 17.1. The summed E-state index contributed by atoms with van der Waals surface area (Å²) >= 11 is 6.25. The Labute approximate surface area is 704 Å². The Morgan fingerprint density at radius 3 is 1.52 bits per heavy atom. The van der Waals surface area contributed by atoms with Crippen molar-refractivity contribution in [3.63, 3.8) is 0 Å². The third-order valence-electron chi connectivity index (χ3n) is 23.6. The third kappa shape index (κ3) is 28.0. The highest BCUT2D eigenvalue weighted by atomic mass is 35.5. The predicted molar refractivity (Wildman–Crippen MR) is 475 cm³/mol. The van der Waals surface area contributed by atoms with Gasteiger partial charge in [0.2, 0.25) is 11.8 Å². The number of methoxy groups -OCH3 is 1. The second kappa shape index (κ2) is 46.7. The van der Waals surface area contributed by atoms with E-state index in [-0.39, 0.29) is 59.3 Å². The van der Waals surface area contributed by atoms with Gasteiger partial charge in [0.1, 0.15) is 11.6 Å². The number of carbonyl (C=O) groups is 4. The highest BCUT2D eigenvalue weighted by molar-refractivity contribution is 6.32. The first kappa shape index (κ1) is 90.7. The zero-order chi connectivity index (χ0) is 83.8. The smallest absolute Gasteiger partial charge is 0.322 e. The van der Waals surface area contributed by atoms with Crippen molar-refractivity contribution in [1.29, 1.82) is 0 Å². The quantitative estimate of drug-likeness (QED) is 0.0433. The average Bonchev–Trinajstić information content (AvgIpc) is 0.820. The van der Waals surface area contributed by atoms with E-state index in [1.807, 2.05) is 101 Å². The van der Waals surface area contributed by atoms with Crippen molar-refractivity contribution in [2.45, 2.75) is 207 Å². The topological polar surface area (TPSA) is 149 Å². The number of pyridine rings is 1. The summed E-state index contributed by atoms with van der Waals surface area (Å²) < 4.78 is 45.6. The molecule has 2 unspecified atom stereocenters. The van der Waals surface area contributed by atoms with Gasteiger partial charge in [0, 0.05) is 143 Å². The number of unbranched alkanes of at least 4 members (excludes halogenated alkanes) is 1. The highest BCUT2D eigenvalue weighted by Gasteiger charge is 2.34. The number of urea groups is 2. The SMILES string of the molecule is CCCC(C)N1CCC(N(Cc2ccccc2)C(=O)Cc2cccc3cccnc23)CC1.CCCC(C)N1CCC(N(Cc2ccccc2)C(=O)Nc2ccc(OC)c(Cl)c2)CC1.CCCCN1CCC(N(Cc2ccccc2)C(=O)Nc2cccc(F)c2)CC1.Cc1ccccc1CN1CCC(C(=O)Nc2cccc(C(C)(F)F)c2)CC1. The lowest BCUT2D eigenvalue weighted by molar-refractivity contribution is -0.134. The van der Waals surface area contributed by atoms with E-state index >= 15 is 0 Å². The maximum absolute atomic E-state index is 13.7. The molecule has 4 saturated heterocycles. The standard InChI is InChI=1S/C28H35N3O.C25H34ClN3O2.C23H30FN3O.C22H26F2N2O/c1-3-9-22(2)30-18-15-26(16-19-30)31(21-23-10-5-4-6-11-23)27(32)20-25-13-7-12-24-14-8-17-29-28(24)25;1-4-8-19(2)28-15-13-22(14-16-28)29(18-20-9-6-5-7-10-20)25(30)27-21-11-12-24(31-3)23(26)17-21;1-2-3-14-26-15-12-22(13-16-26)27(18-19-8-5-4-6-9-19)23(28)25-21-11-7-10-20(24)17-21;1-16-6-3-4-7-18(16)15-26-12-10-17(11-13-26)21(27)25-20-9-5-8-19(14-20)22(2,23)24/h4-8,10-14,17,22,26H,3,9,15-16,18-21H2,1-2H3;5-7,9-12,17,19,22H,4,8,13-16,18H2,1-3H3,(H,27,30);4-11,17,22H,2-3,12-16,18H2,1H3,(H,25,28);3-9,14,17H,10-13,15H2,1-2H3,(H,25,27). The zero-order valence-electron chi connectivity index (χ0n) is 70.7. The van der Waals surface area contributed by atoms with Crippen molar-refractivity contribution in [2.75, 3.05) is 82.0 Å². The number of benzene rings is 8. The minimum absolute atomic E-state index is 0.0797. The van der Waals surface area contributed by atoms with Crippen LogP contribution in [0.15, 0.2) is 219 Å². The number of hydrogen-bond acceptors (Lipinski definition) is 10. The number of fused-ring (bicyclic) bond motifs is 1. The van der Waals surface area contributed by atoms with Gasteiger partial charge in [-0.3, -0.25) is 19.5 Å². The molecule has 118 heavy (non-hydrogen) atoms. The van der Waals surface area contributed by atoms with Crippen molar-refractivity contribution >= 4 is 63.4 Å². The van der Waals surface area contributed by atoms with Crippen LogP contribution in [0.3, 0.4) is 0 Å². The molecule has 5 heterocycles. The number of hydrogen-bond donors (Lipinski definition) is 3. The van der Waals surface area contributed by atoms with E-state index in [9.17, 15) is 32.3 Å². The molecule has 16 nitrogen and oxygen atoms in total. The van der Waals surface area contributed by atoms with Crippen LogP contribution in [0, 0.1) is 18.7 Å². The van der Waals surface area contributed by atoms with Gasteiger partial charge in [-0.15, -0.1) is 0 Å². The second-order valence-electron chi connectivity index (χ2n) is 32.3. The molecule has 9 aromatic rings. The molecule has 2 atom stereocenters. The lowest BCUT2D eigenvalue weighted by atomic mass is 9.95. The number of para-hydroxylation sites is 1. The lowest BCUT2D eigenvalue weighted by Crippen LogP contribution is -2.50. The van der Waals surface area contributed by atoms with Gasteiger partial charge in [0.25, 0.3) is 5.92 Å². The molecule has 4 aliphatic rings. The summed E-state index contributed by atoms with van der Waals surface area (Å²) in [4.78, 5) is 73.2. The molecule has 20 heteroatoms. The van der Waals surface area contributed by atoms with Gasteiger partial charge in [-0.25, -0.2) is 22.8 Å². The number of nitrogens with zero attached hydrogens (tertiary/aromatic N) is 8. The van der Waals surface area contributed by atoms with Gasteiger partial charge < -0.3 is 50.1 Å². The molecule has 4 fully saturated rings. The van der Waals surface area contributed by atoms with E-state index < -0.39 is 5.92 Å². The fourth-order valence-electron chi connectivity index (χ4n) is 16.6. The number of alkyl halides is 2. The molecule has 6 amide bonds. The third-order valence-corrected chi connectivity index (χ3v) is 23.9. The summed E-state index contributed by atoms with van der Waals surface area (Å²) in [7, 11) is 1.58. The van der Waals surface area contributed by atoms with Crippen LogP contribution in [0.25, 0.3) is 10.9 Å². The van der Waals surface area contributed by atoms with Crippen LogP contribution < -0.4 is 20.7 Å². The molecule has 0 aliphatic carbocycles. The van der Waals surface area contributed by atoms with Gasteiger partial charge in [-0.2, -0.15) is 0 Å². The maximum atomic E-state index is 13.7. The Kier molecular flexibility index (Phi) is 35.9. The molecule has 0 bridgehead atoms. The number of aryl methyl sites for hydroxylation is 1. The average molecular weight is 1630 g/mol. The maximum Gasteiger partial charge on any atom is 0.322 e. The summed E-state index contributed by atoms with van der Waals surface area (Å²) in [5.74, 6) is -2.63. The molecule has 630 valence electrons. The monoisotopic (exact) mass is 1630 g/mol. The molecule has 8 aromatic carbocycles. The zero-order valence-corrected chi connectivity index (χ0v) is 71.4. The van der Waals surface area contributed by atoms with E-state index in [1.54, 1.807) is 43.5 Å². The number of carbonyl (C=O) groups excluding carboxylic acids is 4. The largest absolute Gasteiger partial charge is 0.495 e. The number of nitrogens with one attached hydrogen (secondary N) is 3. The fourth-order valence-corrected chi connectivity index (χ4v) is 16.8. The van der Waals surface area contributed by atoms with Gasteiger partial charge in [-0.05, 0) is 199 Å². The van der Waals surface area contributed by atoms with Crippen molar-refractivity contribution in [1.82, 2.24) is 39.3 Å². The molecular formula is C98H125ClF3N11O5. The number of amides is 6. The molecular weight excluding hydrogens is 1500 g/mol. The van der Waals surface area contributed by atoms with E-state index in [0.29, 0.717) is 66.0 Å². The number of piperidine rings is 4. The predicted octanol–water partition coefficient (Wildman–Crippen LogP) is 21.6. The molecule has 0 spiro atoms. The van der Waals surface area contributed by atoms with E-state index in [0.717, 1.165) is 151 Å². The normalized spacial score (nSPS) is 16.0. The van der Waals surface area contributed by atoms with E-state index in [1.165, 1.54) is 79.5 Å². The molecule has 0 saturated carbocycles. The van der Waals surface area contributed by atoms with Crippen molar-refractivity contribution in [2.24, 2.45) is 5.92 Å². The fraction of sp³-hybridized carbons (Fsp3) is 0.439. The van der Waals surface area contributed by atoms with Crippen LogP contribution in [0.5, 0.6) is 5.75 Å². The number of halogens is 4. The van der Waals surface area contributed by atoms with E-state index in [4.69, 9.17) is 16.3 Å². The van der Waals surface area contributed by atoms with Gasteiger partial charge in [-0.1, -0.05) is 209 Å². The van der Waals surface area contributed by atoms with Crippen LogP contribution >= 0.6 is 11.6 Å². The van der Waals surface area contributed by atoms with Crippen LogP contribution in [0.4, 0.5) is 39.8 Å². The van der Waals surface area contributed by atoms with Crippen LogP contribution in [0.2, 0.25) is 5.02 Å². The van der Waals surface area contributed by atoms with Gasteiger partial charge in [0.05, 0.1) is 24.1 Å². The summed E-state index contributed by atoms with van der Waals surface area (Å²) in [6.45, 7) is 26.1. The second-order valence-corrected chi connectivity index (χ2v) is 32.7. The van der Waals surface area contributed by atoms with Crippen LogP contribution in [-0.2, 0) is 48.1 Å². The van der Waals surface area contributed by atoms with Crippen molar-refractivity contribution in [3.8, 4) is 5.75 Å². The first-order chi connectivity index (χ1) is 57.1. The Bertz CT molecular complexity index is 4530. The first-order valence-corrected chi connectivity index (χ1v) is 43.3. The number of likely N-dealkylation sites (tertiary alicyclic amines) is 4.